The number of hydrogen-bond acceptors (Lipinski definition) is 9. The maximum Gasteiger partial charge on any atom is 0.289 e. The van der Waals surface area contributed by atoms with Crippen LogP contribution in [0.15, 0.2) is 51.8 Å². The number of nitro groups is 1. The van der Waals surface area contributed by atoms with Crippen molar-refractivity contribution in [3.63, 3.8) is 0 Å². The molecule has 0 saturated heterocycles. The summed E-state index contributed by atoms with van der Waals surface area (Å²) < 4.78 is 42.5. The smallest absolute Gasteiger partial charge is 0.289 e. The second-order valence-corrected chi connectivity index (χ2v) is 8.07. The molecule has 0 bridgehead atoms. The standard InChI is InChI=1S/C18H18N4O7S/c1-21(30(25,26)16-7-5-4-6-13(16)22(23)24)11-17-19-20-18(29-17)12-8-9-14(27-2)15(10-12)28-3/h4-10H,11H2,1-3H3. The summed E-state index contributed by atoms with van der Waals surface area (Å²) >= 11 is 0. The minimum Gasteiger partial charge on any atom is -0.493 e. The predicted molar refractivity (Wildman–Crippen MR) is 105 cm³/mol. The topological polar surface area (TPSA) is 138 Å². The highest BCUT2D eigenvalue weighted by Gasteiger charge is 2.30. The molecule has 3 aromatic rings. The number of ether oxygens (including phenoxy) is 2. The summed E-state index contributed by atoms with van der Waals surface area (Å²) in [7, 11) is 0.109. The summed E-state index contributed by atoms with van der Waals surface area (Å²) in [4.78, 5) is 10.0. The van der Waals surface area contributed by atoms with Gasteiger partial charge in [-0.15, -0.1) is 10.2 Å². The molecule has 0 fully saturated rings. The first-order chi connectivity index (χ1) is 14.3. The molecule has 1 heterocycles. The molecule has 0 aliphatic carbocycles. The van der Waals surface area contributed by atoms with Gasteiger partial charge in [0.15, 0.2) is 16.4 Å². The van der Waals surface area contributed by atoms with Gasteiger partial charge in [-0.2, -0.15) is 4.31 Å². The predicted octanol–water partition coefficient (Wildman–Crippen LogP) is 2.48. The zero-order chi connectivity index (χ0) is 21.9. The molecule has 11 nitrogen and oxygen atoms in total. The molecule has 12 heteroatoms. The number of para-hydroxylation sites is 1. The van der Waals surface area contributed by atoms with Gasteiger partial charge in [-0.1, -0.05) is 12.1 Å². The third-order valence-electron chi connectivity index (χ3n) is 4.21. The number of hydrogen-bond donors (Lipinski definition) is 0. The van der Waals surface area contributed by atoms with E-state index < -0.39 is 25.5 Å². The summed E-state index contributed by atoms with van der Waals surface area (Å²) in [6.45, 7) is -0.269. The Morgan fingerprint density at radius 2 is 1.80 bits per heavy atom. The lowest BCUT2D eigenvalue weighted by atomic mass is 10.2. The second kappa shape index (κ2) is 8.47. The van der Waals surface area contributed by atoms with Crippen LogP contribution in [-0.2, 0) is 16.6 Å². The second-order valence-electron chi connectivity index (χ2n) is 6.06. The van der Waals surface area contributed by atoms with E-state index in [0.717, 1.165) is 10.4 Å². The van der Waals surface area contributed by atoms with E-state index in [1.807, 2.05) is 0 Å². The summed E-state index contributed by atoms with van der Waals surface area (Å²) in [5, 5.41) is 19.0. The largest absolute Gasteiger partial charge is 0.493 e. The lowest BCUT2D eigenvalue weighted by Gasteiger charge is -2.15. The molecule has 0 aliphatic heterocycles. The highest BCUT2D eigenvalue weighted by molar-refractivity contribution is 7.89. The molecule has 0 atom stereocenters. The number of sulfonamides is 1. The van der Waals surface area contributed by atoms with Gasteiger partial charge in [0.05, 0.1) is 25.7 Å². The maximum atomic E-state index is 12.8. The van der Waals surface area contributed by atoms with Crippen LogP contribution in [0.5, 0.6) is 11.5 Å². The Labute approximate surface area is 172 Å². The minimum atomic E-state index is -4.16. The molecule has 1 aromatic heterocycles. The lowest BCUT2D eigenvalue weighted by Crippen LogP contribution is -2.27. The Kier molecular flexibility index (Phi) is 5.99. The summed E-state index contributed by atoms with van der Waals surface area (Å²) in [6, 6.07) is 10.1. The van der Waals surface area contributed by atoms with E-state index >= 15 is 0 Å². The summed E-state index contributed by atoms with van der Waals surface area (Å²) in [5.41, 5.74) is 0.0384. The van der Waals surface area contributed by atoms with Crippen molar-refractivity contribution < 1.29 is 27.2 Å². The Bertz CT molecular complexity index is 1180. The van der Waals surface area contributed by atoms with Crippen LogP contribution < -0.4 is 9.47 Å². The highest BCUT2D eigenvalue weighted by atomic mass is 32.2. The molecular formula is C18H18N4O7S. The fourth-order valence-corrected chi connectivity index (χ4v) is 3.95. The number of benzene rings is 2. The van der Waals surface area contributed by atoms with Gasteiger partial charge in [0.25, 0.3) is 5.69 Å². The molecule has 0 aliphatic rings. The Morgan fingerprint density at radius 3 is 2.47 bits per heavy atom. The van der Waals surface area contributed by atoms with Crippen molar-refractivity contribution in [2.24, 2.45) is 0 Å². The van der Waals surface area contributed by atoms with E-state index in [1.165, 1.54) is 39.5 Å². The van der Waals surface area contributed by atoms with Crippen LogP contribution in [-0.4, -0.2) is 49.1 Å². The third-order valence-corrected chi connectivity index (χ3v) is 6.06. The van der Waals surface area contributed by atoms with Gasteiger partial charge in [-0.05, 0) is 24.3 Å². The summed E-state index contributed by atoms with van der Waals surface area (Å²) in [6.07, 6.45) is 0. The van der Waals surface area contributed by atoms with E-state index in [9.17, 15) is 18.5 Å². The number of aromatic nitrogens is 2. The molecule has 0 amide bonds. The first kappa shape index (κ1) is 21.2. The lowest BCUT2D eigenvalue weighted by molar-refractivity contribution is -0.387. The molecular weight excluding hydrogens is 416 g/mol. The molecule has 158 valence electrons. The van der Waals surface area contributed by atoms with Gasteiger partial charge in [-0.3, -0.25) is 10.1 Å². The van der Waals surface area contributed by atoms with Crippen molar-refractivity contribution in [1.29, 1.82) is 0 Å². The van der Waals surface area contributed by atoms with Gasteiger partial charge in [0.1, 0.15) is 0 Å². The van der Waals surface area contributed by atoms with Crippen molar-refractivity contribution in [3.05, 3.63) is 58.5 Å². The number of rotatable bonds is 8. The quantitative estimate of drug-likeness (QED) is 0.386. The van der Waals surface area contributed by atoms with Crippen LogP contribution in [0, 0.1) is 10.1 Å². The van der Waals surface area contributed by atoms with Crippen molar-refractivity contribution in [1.82, 2.24) is 14.5 Å². The first-order valence-electron chi connectivity index (χ1n) is 8.52. The Morgan fingerprint density at radius 1 is 1.10 bits per heavy atom. The van der Waals surface area contributed by atoms with Crippen LogP contribution in [0.25, 0.3) is 11.5 Å². The molecule has 3 rings (SSSR count). The number of nitro benzene ring substituents is 1. The Hall–Kier alpha value is -3.51. The normalized spacial score (nSPS) is 11.5. The van der Waals surface area contributed by atoms with Crippen molar-refractivity contribution in [2.45, 2.75) is 11.4 Å². The zero-order valence-electron chi connectivity index (χ0n) is 16.3. The molecule has 30 heavy (non-hydrogen) atoms. The van der Waals surface area contributed by atoms with Crippen molar-refractivity contribution in [3.8, 4) is 23.0 Å². The van der Waals surface area contributed by atoms with Crippen LogP contribution >= 0.6 is 0 Å². The van der Waals surface area contributed by atoms with E-state index in [2.05, 4.69) is 10.2 Å². The van der Waals surface area contributed by atoms with E-state index in [-0.39, 0.29) is 18.3 Å². The van der Waals surface area contributed by atoms with Crippen LogP contribution in [0.2, 0.25) is 0 Å². The van der Waals surface area contributed by atoms with Crippen molar-refractivity contribution in [2.75, 3.05) is 21.3 Å². The molecule has 0 radical (unpaired) electrons. The highest BCUT2D eigenvalue weighted by Crippen LogP contribution is 2.32. The molecule has 0 unspecified atom stereocenters. The minimum absolute atomic E-state index is 0.0180. The van der Waals surface area contributed by atoms with Gasteiger partial charge in [-0.25, -0.2) is 8.42 Å². The van der Waals surface area contributed by atoms with E-state index in [4.69, 9.17) is 13.9 Å². The van der Waals surface area contributed by atoms with Gasteiger partial charge < -0.3 is 13.9 Å². The first-order valence-corrected chi connectivity index (χ1v) is 9.96. The van der Waals surface area contributed by atoms with Crippen LogP contribution in [0.1, 0.15) is 5.89 Å². The van der Waals surface area contributed by atoms with Crippen LogP contribution in [0.3, 0.4) is 0 Å². The molecule has 0 N–H and O–H groups in total. The summed E-state index contributed by atoms with van der Waals surface area (Å²) in [5.74, 6) is 1.16. The van der Waals surface area contributed by atoms with E-state index in [0.29, 0.717) is 17.1 Å². The molecule has 2 aromatic carbocycles. The fraction of sp³-hybridized carbons (Fsp3) is 0.222. The average Bonchev–Trinajstić information content (AvgIpc) is 3.21. The van der Waals surface area contributed by atoms with Crippen LogP contribution in [0.4, 0.5) is 5.69 Å². The van der Waals surface area contributed by atoms with Gasteiger partial charge >= 0.3 is 0 Å². The number of methoxy groups -OCH3 is 2. The molecule has 0 saturated carbocycles. The molecule has 0 spiro atoms. The van der Waals surface area contributed by atoms with Gasteiger partial charge in [0, 0.05) is 18.7 Å². The maximum absolute atomic E-state index is 12.8. The SMILES string of the molecule is COc1ccc(-c2nnc(CN(C)S(=O)(=O)c3ccccc3[N+](=O)[O-])o2)cc1OC. The van der Waals surface area contributed by atoms with Gasteiger partial charge in [0.2, 0.25) is 21.8 Å². The Balaban J connectivity index is 1.85. The average molecular weight is 434 g/mol. The third kappa shape index (κ3) is 4.09. The van der Waals surface area contributed by atoms with E-state index in [1.54, 1.807) is 18.2 Å². The fourth-order valence-electron chi connectivity index (χ4n) is 2.67. The van der Waals surface area contributed by atoms with Crippen molar-refractivity contribution >= 4 is 15.7 Å². The number of nitrogens with zero attached hydrogens (tertiary/aromatic N) is 4. The monoisotopic (exact) mass is 434 g/mol. The zero-order valence-corrected chi connectivity index (χ0v) is 17.1.